The Balaban J connectivity index is 1.72. The van der Waals surface area contributed by atoms with E-state index >= 15 is 0 Å². The van der Waals surface area contributed by atoms with Gasteiger partial charge in [-0.25, -0.2) is 0 Å². The lowest BCUT2D eigenvalue weighted by atomic mass is 10.1. The van der Waals surface area contributed by atoms with Gasteiger partial charge in [0.1, 0.15) is 5.76 Å². The zero-order valence-corrected chi connectivity index (χ0v) is 16.9. The zero-order chi connectivity index (χ0) is 19.6. The minimum Gasteiger partial charge on any atom is -0.451 e. The van der Waals surface area contributed by atoms with E-state index in [0.29, 0.717) is 21.4 Å². The minimum absolute atomic E-state index is 0.117. The van der Waals surface area contributed by atoms with Gasteiger partial charge in [0.05, 0.1) is 10.0 Å². The highest BCUT2D eigenvalue weighted by Crippen LogP contribution is 2.34. The molecule has 0 spiro atoms. The average molecular weight is 419 g/mol. The van der Waals surface area contributed by atoms with Gasteiger partial charge < -0.3 is 9.73 Å². The molecular formula is C20H16Cl2N2O2S. The van der Waals surface area contributed by atoms with Crippen LogP contribution < -0.4 is 10.6 Å². The van der Waals surface area contributed by atoms with Crippen LogP contribution in [0, 0.1) is 13.8 Å². The van der Waals surface area contributed by atoms with Crippen molar-refractivity contribution in [3.05, 3.63) is 75.5 Å². The van der Waals surface area contributed by atoms with E-state index in [1.54, 1.807) is 30.3 Å². The highest BCUT2D eigenvalue weighted by molar-refractivity contribution is 7.80. The van der Waals surface area contributed by atoms with E-state index in [0.717, 1.165) is 16.8 Å². The second-order valence-corrected chi connectivity index (χ2v) is 7.11. The number of hydrogen-bond donors (Lipinski definition) is 2. The largest absolute Gasteiger partial charge is 0.451 e. The molecule has 3 rings (SSSR count). The Morgan fingerprint density at radius 1 is 1.04 bits per heavy atom. The molecule has 27 heavy (non-hydrogen) atoms. The van der Waals surface area contributed by atoms with Crippen LogP contribution in [-0.4, -0.2) is 11.0 Å². The molecule has 4 nitrogen and oxygen atoms in total. The van der Waals surface area contributed by atoms with Gasteiger partial charge >= 0.3 is 0 Å². The molecule has 7 heteroatoms. The molecule has 2 N–H and O–H groups in total. The van der Waals surface area contributed by atoms with Gasteiger partial charge in [0.15, 0.2) is 10.9 Å². The van der Waals surface area contributed by atoms with E-state index in [2.05, 4.69) is 10.6 Å². The topological polar surface area (TPSA) is 54.3 Å². The molecule has 0 unspecified atom stereocenters. The number of carbonyl (C=O) groups excluding carboxylic acids is 1. The van der Waals surface area contributed by atoms with Crippen LogP contribution in [0.1, 0.15) is 21.7 Å². The van der Waals surface area contributed by atoms with Crippen molar-refractivity contribution in [2.75, 3.05) is 5.32 Å². The molecule has 0 aliphatic carbocycles. The second-order valence-electron chi connectivity index (χ2n) is 5.92. The van der Waals surface area contributed by atoms with E-state index in [1.807, 2.05) is 32.0 Å². The lowest BCUT2D eigenvalue weighted by molar-refractivity contribution is 0.0951. The van der Waals surface area contributed by atoms with Crippen LogP contribution in [0.2, 0.25) is 10.0 Å². The number of amides is 1. The van der Waals surface area contributed by atoms with Crippen LogP contribution >= 0.6 is 35.4 Å². The first-order valence-corrected chi connectivity index (χ1v) is 9.26. The maximum Gasteiger partial charge on any atom is 0.293 e. The van der Waals surface area contributed by atoms with E-state index in [4.69, 9.17) is 39.8 Å². The van der Waals surface area contributed by atoms with E-state index in [-0.39, 0.29) is 10.9 Å². The van der Waals surface area contributed by atoms with Crippen LogP contribution in [0.25, 0.3) is 11.3 Å². The predicted molar refractivity (Wildman–Crippen MR) is 114 cm³/mol. The Labute approximate surface area is 172 Å². The first-order chi connectivity index (χ1) is 12.9. The van der Waals surface area contributed by atoms with Crippen molar-refractivity contribution in [2.45, 2.75) is 13.8 Å². The third kappa shape index (κ3) is 4.33. The molecule has 0 bridgehead atoms. The molecule has 2 aromatic carbocycles. The normalized spacial score (nSPS) is 10.5. The minimum atomic E-state index is -0.456. The molecule has 3 aromatic rings. The number of anilines is 1. The lowest BCUT2D eigenvalue weighted by Crippen LogP contribution is -2.34. The van der Waals surface area contributed by atoms with Gasteiger partial charge in [-0.3, -0.25) is 10.1 Å². The smallest absolute Gasteiger partial charge is 0.293 e. The molecular weight excluding hydrogens is 403 g/mol. The summed E-state index contributed by atoms with van der Waals surface area (Å²) in [4.78, 5) is 12.4. The summed E-state index contributed by atoms with van der Waals surface area (Å²) in [6.45, 7) is 3.99. The van der Waals surface area contributed by atoms with Gasteiger partial charge in [-0.15, -0.1) is 0 Å². The van der Waals surface area contributed by atoms with Gasteiger partial charge in [0, 0.05) is 11.3 Å². The quantitative estimate of drug-likeness (QED) is 0.512. The van der Waals surface area contributed by atoms with Gasteiger partial charge in [0.25, 0.3) is 5.91 Å². The summed E-state index contributed by atoms with van der Waals surface area (Å²) in [5.41, 5.74) is 3.64. The number of hydrogen-bond acceptors (Lipinski definition) is 3. The molecule has 1 heterocycles. The van der Waals surface area contributed by atoms with Crippen molar-refractivity contribution in [1.82, 2.24) is 5.32 Å². The number of nitrogens with one attached hydrogen (secondary N) is 2. The third-order valence-corrected chi connectivity index (χ3v) is 5.15. The van der Waals surface area contributed by atoms with Crippen LogP contribution in [0.3, 0.4) is 0 Å². The fraction of sp³-hybridized carbons (Fsp3) is 0.100. The Morgan fingerprint density at radius 2 is 1.78 bits per heavy atom. The number of carbonyl (C=O) groups is 1. The van der Waals surface area contributed by atoms with Crippen LogP contribution in [-0.2, 0) is 0 Å². The predicted octanol–water partition coefficient (Wildman–Crippen LogP) is 6.00. The third-order valence-electron chi connectivity index (χ3n) is 4.13. The maximum absolute atomic E-state index is 12.4. The number of rotatable bonds is 3. The van der Waals surface area contributed by atoms with E-state index < -0.39 is 5.91 Å². The Hall–Kier alpha value is -2.34. The molecule has 0 fully saturated rings. The molecule has 0 saturated carbocycles. The summed E-state index contributed by atoms with van der Waals surface area (Å²) in [6, 6.07) is 14.2. The summed E-state index contributed by atoms with van der Waals surface area (Å²) >= 11 is 17.4. The first-order valence-electron chi connectivity index (χ1n) is 8.09. The zero-order valence-electron chi connectivity index (χ0n) is 14.6. The van der Waals surface area contributed by atoms with Crippen molar-refractivity contribution in [2.24, 2.45) is 0 Å². The second kappa shape index (κ2) is 8.13. The summed E-state index contributed by atoms with van der Waals surface area (Å²) in [7, 11) is 0. The van der Waals surface area contributed by atoms with Gasteiger partial charge in [-0.05, 0) is 67.5 Å². The van der Waals surface area contributed by atoms with Crippen molar-refractivity contribution in [1.29, 1.82) is 0 Å². The maximum atomic E-state index is 12.4. The standard InChI is InChI=1S/C20H16Cl2N2O2S/c1-11-5-3-8-15(12(11)2)23-20(27)24-19(25)17-10-9-16(26-17)13-6-4-7-14(21)18(13)22/h3-10H,1-2H3,(H2,23,24,25,27). The van der Waals surface area contributed by atoms with Gasteiger partial charge in [0.2, 0.25) is 0 Å². The molecule has 0 radical (unpaired) electrons. The van der Waals surface area contributed by atoms with Crippen LogP contribution in [0.5, 0.6) is 0 Å². The fourth-order valence-corrected chi connectivity index (χ4v) is 3.10. The molecule has 0 saturated heterocycles. The molecule has 1 aromatic heterocycles. The van der Waals surface area contributed by atoms with Crippen molar-refractivity contribution in [3.8, 4) is 11.3 Å². The number of benzene rings is 2. The summed E-state index contributed by atoms with van der Waals surface area (Å²) < 4.78 is 5.62. The monoisotopic (exact) mass is 418 g/mol. The number of thiocarbonyl (C=S) groups is 1. The van der Waals surface area contributed by atoms with E-state index in [1.165, 1.54) is 0 Å². The number of halogens is 2. The highest BCUT2D eigenvalue weighted by atomic mass is 35.5. The Bertz CT molecular complexity index is 1030. The highest BCUT2D eigenvalue weighted by Gasteiger charge is 2.16. The summed E-state index contributed by atoms with van der Waals surface area (Å²) in [6.07, 6.45) is 0. The Kier molecular flexibility index (Phi) is 5.85. The lowest BCUT2D eigenvalue weighted by Gasteiger charge is -2.12. The molecule has 0 aliphatic heterocycles. The molecule has 138 valence electrons. The molecule has 1 amide bonds. The molecule has 0 aliphatic rings. The number of furan rings is 1. The summed E-state index contributed by atoms with van der Waals surface area (Å²) in [5.74, 6) is 0.106. The van der Waals surface area contributed by atoms with Crippen molar-refractivity contribution >= 4 is 52.1 Å². The summed E-state index contributed by atoms with van der Waals surface area (Å²) in [5, 5.41) is 6.60. The van der Waals surface area contributed by atoms with Crippen molar-refractivity contribution in [3.63, 3.8) is 0 Å². The van der Waals surface area contributed by atoms with Gasteiger partial charge in [-0.1, -0.05) is 41.4 Å². The molecule has 0 atom stereocenters. The Morgan fingerprint density at radius 3 is 2.56 bits per heavy atom. The van der Waals surface area contributed by atoms with E-state index in [9.17, 15) is 4.79 Å². The van der Waals surface area contributed by atoms with Crippen molar-refractivity contribution < 1.29 is 9.21 Å². The average Bonchev–Trinajstić information content (AvgIpc) is 3.11. The SMILES string of the molecule is Cc1cccc(NC(=S)NC(=O)c2ccc(-c3cccc(Cl)c3Cl)o2)c1C. The van der Waals surface area contributed by atoms with Crippen LogP contribution in [0.15, 0.2) is 52.9 Å². The fourth-order valence-electron chi connectivity index (χ4n) is 2.50. The van der Waals surface area contributed by atoms with Gasteiger partial charge in [-0.2, -0.15) is 0 Å². The first kappa shape index (κ1) is 19.4. The number of aryl methyl sites for hydroxylation is 1. The van der Waals surface area contributed by atoms with Crippen LogP contribution in [0.4, 0.5) is 5.69 Å².